The highest BCUT2D eigenvalue weighted by molar-refractivity contribution is 5.78. The lowest BCUT2D eigenvalue weighted by Gasteiger charge is -2.31. The molecule has 116 valence electrons. The fourth-order valence-electron chi connectivity index (χ4n) is 2.53. The van der Waals surface area contributed by atoms with Gasteiger partial charge < -0.3 is 5.32 Å². The number of nitrogens with one attached hydrogen (secondary N) is 1. The highest BCUT2D eigenvalue weighted by Gasteiger charge is 2.30. The third kappa shape index (κ3) is 5.38. The Morgan fingerprint density at radius 3 is 2.38 bits per heavy atom. The summed E-state index contributed by atoms with van der Waals surface area (Å²) >= 11 is 0. The first-order valence-corrected chi connectivity index (χ1v) is 7.05. The maximum atomic E-state index is 12.1. The van der Waals surface area contributed by atoms with Crippen LogP contribution in [0.25, 0.3) is 0 Å². The number of likely N-dealkylation sites (tertiary alicyclic amines) is 1. The number of alkyl halides is 3. The van der Waals surface area contributed by atoms with E-state index in [0.717, 1.165) is 19.6 Å². The maximum Gasteiger partial charge on any atom is 0.405 e. The van der Waals surface area contributed by atoms with Crippen molar-refractivity contribution < 1.29 is 18.0 Å². The number of halogens is 3. The molecule has 0 atom stereocenters. The smallest absolute Gasteiger partial charge is 0.347 e. The Bertz CT molecular complexity index is 454. The van der Waals surface area contributed by atoms with Crippen LogP contribution in [0.15, 0.2) is 30.3 Å². The molecular weight excluding hydrogens is 281 g/mol. The number of hydrogen-bond donors (Lipinski definition) is 1. The molecule has 1 heterocycles. The van der Waals surface area contributed by atoms with Crippen LogP contribution >= 0.6 is 0 Å². The molecule has 0 aromatic heterocycles. The number of rotatable bonds is 4. The SMILES string of the molecule is O=C(NCC(F)(F)F)C1CCN(Cc2ccccc2)CC1. The number of benzene rings is 1. The quantitative estimate of drug-likeness (QED) is 0.927. The van der Waals surface area contributed by atoms with E-state index in [1.165, 1.54) is 5.56 Å². The second-order valence-electron chi connectivity index (χ2n) is 5.37. The van der Waals surface area contributed by atoms with Crippen LogP contribution in [0.5, 0.6) is 0 Å². The summed E-state index contributed by atoms with van der Waals surface area (Å²) in [5, 5.41) is 1.97. The minimum Gasteiger partial charge on any atom is -0.347 e. The summed E-state index contributed by atoms with van der Waals surface area (Å²) in [6, 6.07) is 10.0. The van der Waals surface area contributed by atoms with Gasteiger partial charge in [-0.25, -0.2) is 0 Å². The largest absolute Gasteiger partial charge is 0.405 e. The van der Waals surface area contributed by atoms with E-state index in [0.29, 0.717) is 12.8 Å². The van der Waals surface area contributed by atoms with Gasteiger partial charge in [0.25, 0.3) is 0 Å². The van der Waals surface area contributed by atoms with Crippen molar-refractivity contribution in [1.29, 1.82) is 0 Å². The Labute approximate surface area is 122 Å². The van der Waals surface area contributed by atoms with E-state index < -0.39 is 18.6 Å². The average molecular weight is 300 g/mol. The fourth-order valence-corrected chi connectivity index (χ4v) is 2.53. The number of piperidine rings is 1. The van der Waals surface area contributed by atoms with Gasteiger partial charge in [-0.2, -0.15) is 13.2 Å². The van der Waals surface area contributed by atoms with Gasteiger partial charge in [-0.1, -0.05) is 30.3 Å². The third-order valence-corrected chi connectivity index (χ3v) is 3.67. The lowest BCUT2D eigenvalue weighted by molar-refractivity contribution is -0.141. The van der Waals surface area contributed by atoms with Crippen LogP contribution in [-0.4, -0.2) is 36.6 Å². The normalized spacial score (nSPS) is 17.7. The van der Waals surface area contributed by atoms with Gasteiger partial charge in [0.2, 0.25) is 5.91 Å². The average Bonchev–Trinajstić information content (AvgIpc) is 2.46. The number of carbonyl (C=O) groups excluding carboxylic acids is 1. The number of amides is 1. The molecule has 0 radical (unpaired) electrons. The predicted octanol–water partition coefficient (Wildman–Crippen LogP) is 2.58. The van der Waals surface area contributed by atoms with E-state index in [1.54, 1.807) is 0 Å². The summed E-state index contributed by atoms with van der Waals surface area (Å²) in [4.78, 5) is 13.9. The van der Waals surface area contributed by atoms with Crippen molar-refractivity contribution in [3.63, 3.8) is 0 Å². The van der Waals surface area contributed by atoms with E-state index in [1.807, 2.05) is 35.6 Å². The second-order valence-corrected chi connectivity index (χ2v) is 5.37. The van der Waals surface area contributed by atoms with E-state index in [-0.39, 0.29) is 5.92 Å². The summed E-state index contributed by atoms with van der Waals surface area (Å²) < 4.78 is 36.2. The van der Waals surface area contributed by atoms with Crippen LogP contribution in [0.3, 0.4) is 0 Å². The molecular formula is C15H19F3N2O. The standard InChI is InChI=1S/C15H19F3N2O/c16-15(17,18)11-19-14(21)13-6-8-20(9-7-13)10-12-4-2-1-3-5-12/h1-5,13H,6-11H2,(H,19,21). The molecule has 0 unspecified atom stereocenters. The van der Waals surface area contributed by atoms with Gasteiger partial charge in [0.1, 0.15) is 6.54 Å². The molecule has 2 rings (SSSR count). The maximum absolute atomic E-state index is 12.1. The summed E-state index contributed by atoms with van der Waals surface area (Å²) in [7, 11) is 0. The number of hydrogen-bond acceptors (Lipinski definition) is 2. The van der Waals surface area contributed by atoms with Crippen LogP contribution in [0.4, 0.5) is 13.2 Å². The topological polar surface area (TPSA) is 32.3 Å². The zero-order valence-corrected chi connectivity index (χ0v) is 11.7. The molecule has 1 saturated heterocycles. The van der Waals surface area contributed by atoms with Crippen molar-refractivity contribution in [2.24, 2.45) is 5.92 Å². The minimum atomic E-state index is -4.34. The highest BCUT2D eigenvalue weighted by atomic mass is 19.4. The summed E-state index contributed by atoms with van der Waals surface area (Å²) in [5.74, 6) is -0.786. The molecule has 1 N–H and O–H groups in total. The van der Waals surface area contributed by atoms with Crippen LogP contribution < -0.4 is 5.32 Å². The van der Waals surface area contributed by atoms with Crippen molar-refractivity contribution in [3.05, 3.63) is 35.9 Å². The van der Waals surface area contributed by atoms with Crippen molar-refractivity contribution in [1.82, 2.24) is 10.2 Å². The molecule has 0 bridgehead atoms. The first-order chi connectivity index (χ1) is 9.94. The first kappa shape index (κ1) is 15.8. The zero-order chi connectivity index (χ0) is 15.3. The monoisotopic (exact) mass is 300 g/mol. The number of nitrogens with zero attached hydrogens (tertiary/aromatic N) is 1. The summed E-state index contributed by atoms with van der Waals surface area (Å²) in [6.45, 7) is 1.05. The number of carbonyl (C=O) groups is 1. The van der Waals surface area contributed by atoms with Crippen molar-refractivity contribution in [3.8, 4) is 0 Å². The lowest BCUT2D eigenvalue weighted by Crippen LogP contribution is -2.42. The van der Waals surface area contributed by atoms with E-state index in [9.17, 15) is 18.0 Å². The molecule has 3 nitrogen and oxygen atoms in total. The van der Waals surface area contributed by atoms with Gasteiger partial charge in [0.05, 0.1) is 0 Å². The molecule has 1 aromatic rings. The third-order valence-electron chi connectivity index (χ3n) is 3.67. The van der Waals surface area contributed by atoms with Crippen LogP contribution in [0.2, 0.25) is 0 Å². The molecule has 1 aliphatic rings. The molecule has 0 aliphatic carbocycles. The molecule has 1 amide bonds. The van der Waals surface area contributed by atoms with Crippen LogP contribution in [-0.2, 0) is 11.3 Å². The molecule has 1 aliphatic heterocycles. The van der Waals surface area contributed by atoms with Crippen molar-refractivity contribution >= 4 is 5.91 Å². The summed E-state index contributed by atoms with van der Waals surface area (Å²) in [6.07, 6.45) is -3.13. The van der Waals surface area contributed by atoms with E-state index in [2.05, 4.69) is 4.90 Å². The predicted molar refractivity (Wildman–Crippen MR) is 73.5 cm³/mol. The Kier molecular flexibility index (Phi) is 5.22. The van der Waals surface area contributed by atoms with Gasteiger partial charge in [-0.15, -0.1) is 0 Å². The van der Waals surface area contributed by atoms with Crippen LogP contribution in [0.1, 0.15) is 18.4 Å². The van der Waals surface area contributed by atoms with E-state index >= 15 is 0 Å². The van der Waals surface area contributed by atoms with Gasteiger partial charge in [0, 0.05) is 12.5 Å². The highest BCUT2D eigenvalue weighted by Crippen LogP contribution is 2.20. The van der Waals surface area contributed by atoms with Crippen molar-refractivity contribution in [2.75, 3.05) is 19.6 Å². The molecule has 1 aromatic carbocycles. The van der Waals surface area contributed by atoms with Gasteiger partial charge in [0.15, 0.2) is 0 Å². The Balaban J connectivity index is 1.74. The Hall–Kier alpha value is -1.56. The molecule has 0 saturated carbocycles. The lowest BCUT2D eigenvalue weighted by atomic mass is 9.95. The fraction of sp³-hybridized carbons (Fsp3) is 0.533. The zero-order valence-electron chi connectivity index (χ0n) is 11.7. The van der Waals surface area contributed by atoms with Gasteiger partial charge in [-0.3, -0.25) is 9.69 Å². The Morgan fingerprint density at radius 2 is 1.81 bits per heavy atom. The minimum absolute atomic E-state index is 0.306. The molecule has 1 fully saturated rings. The Morgan fingerprint density at radius 1 is 1.19 bits per heavy atom. The molecule has 0 spiro atoms. The van der Waals surface area contributed by atoms with Crippen LogP contribution in [0, 0.1) is 5.92 Å². The first-order valence-electron chi connectivity index (χ1n) is 7.05. The second kappa shape index (κ2) is 6.93. The van der Waals surface area contributed by atoms with Crippen molar-refractivity contribution in [2.45, 2.75) is 25.6 Å². The van der Waals surface area contributed by atoms with Gasteiger partial charge in [-0.05, 0) is 31.5 Å². The van der Waals surface area contributed by atoms with Gasteiger partial charge >= 0.3 is 6.18 Å². The molecule has 6 heteroatoms. The van der Waals surface area contributed by atoms with E-state index in [4.69, 9.17) is 0 Å². The molecule has 21 heavy (non-hydrogen) atoms. The summed E-state index contributed by atoms with van der Waals surface area (Å²) in [5.41, 5.74) is 1.21.